The molecule has 5 nitrogen and oxygen atoms in total. The van der Waals surface area contributed by atoms with Crippen molar-refractivity contribution in [3.05, 3.63) is 169 Å². The van der Waals surface area contributed by atoms with E-state index >= 15 is 0 Å². The Labute approximate surface area is 272 Å². The van der Waals surface area contributed by atoms with Crippen molar-refractivity contribution in [3.8, 4) is 39.3 Å². The van der Waals surface area contributed by atoms with Gasteiger partial charge in [0.2, 0.25) is 0 Å². The molecule has 4 heterocycles. The summed E-state index contributed by atoms with van der Waals surface area (Å²) in [5.74, 6) is 0.00866. The van der Waals surface area contributed by atoms with E-state index in [1.54, 1.807) is 0 Å². The molecule has 0 spiro atoms. The third-order valence-corrected chi connectivity index (χ3v) is 9.15. The van der Waals surface area contributed by atoms with Crippen LogP contribution in [0.25, 0.3) is 61.1 Å². The lowest BCUT2D eigenvalue weighted by Gasteiger charge is -2.20. The lowest BCUT2D eigenvalue weighted by molar-refractivity contribution is 0.0996. The van der Waals surface area contributed by atoms with Crippen LogP contribution in [0, 0.1) is 0 Å². The molecule has 1 aliphatic rings. The van der Waals surface area contributed by atoms with E-state index in [1.165, 1.54) is 0 Å². The average Bonchev–Trinajstić information content (AvgIpc) is 3.66. The molecule has 1 amide bonds. The zero-order valence-corrected chi connectivity index (χ0v) is 25.4. The molecule has 0 atom stereocenters. The molecule has 1 aliphatic heterocycles. The number of amides is 1. The van der Waals surface area contributed by atoms with Crippen molar-refractivity contribution in [2.24, 2.45) is 0 Å². The Balaban J connectivity index is 1.27. The summed E-state index contributed by atoms with van der Waals surface area (Å²) in [5, 5.41) is 2.28. The molecular weight excluding hydrogens is 576 g/mol. The molecule has 0 N–H and O–H groups in total. The number of hydrogen-bond acceptors (Lipinski definition) is 3. The molecule has 0 fully saturated rings. The summed E-state index contributed by atoms with van der Waals surface area (Å²) in [6.45, 7) is 0.467. The summed E-state index contributed by atoms with van der Waals surface area (Å²) >= 11 is 0. The topological polar surface area (TPSA) is 51.0 Å². The van der Waals surface area contributed by atoms with E-state index in [1.807, 2.05) is 102 Å². The summed E-state index contributed by atoms with van der Waals surface area (Å²) in [6, 6.07) is 49.6. The molecular formula is C42H28N4O. The van der Waals surface area contributed by atoms with E-state index in [2.05, 4.69) is 75.2 Å². The largest absolute Gasteiger partial charge is 0.309 e. The number of para-hydroxylation sites is 1. The van der Waals surface area contributed by atoms with Crippen molar-refractivity contribution in [3.63, 3.8) is 0 Å². The van der Waals surface area contributed by atoms with Gasteiger partial charge in [-0.2, -0.15) is 0 Å². The summed E-state index contributed by atoms with van der Waals surface area (Å²) in [4.78, 5) is 25.4. The molecule has 5 heteroatoms. The highest BCUT2D eigenvalue weighted by Crippen LogP contribution is 2.41. The van der Waals surface area contributed by atoms with Gasteiger partial charge in [0.1, 0.15) is 0 Å². The van der Waals surface area contributed by atoms with E-state index in [4.69, 9.17) is 0 Å². The molecule has 0 unspecified atom stereocenters. The molecule has 0 radical (unpaired) electrons. The lowest BCUT2D eigenvalue weighted by atomic mass is 10.0. The summed E-state index contributed by atoms with van der Waals surface area (Å²) in [7, 11) is 0. The van der Waals surface area contributed by atoms with Crippen LogP contribution in [-0.4, -0.2) is 20.4 Å². The zero-order valence-electron chi connectivity index (χ0n) is 25.4. The van der Waals surface area contributed by atoms with Crippen molar-refractivity contribution >= 4 is 33.4 Å². The molecule has 9 rings (SSSR count). The lowest BCUT2D eigenvalue weighted by Crippen LogP contribution is -2.23. The fourth-order valence-corrected chi connectivity index (χ4v) is 6.96. The van der Waals surface area contributed by atoms with E-state index in [0.717, 1.165) is 77.9 Å². The van der Waals surface area contributed by atoms with Crippen LogP contribution in [-0.2, 0) is 6.54 Å². The minimum atomic E-state index is 0.00866. The van der Waals surface area contributed by atoms with Crippen molar-refractivity contribution < 1.29 is 4.79 Å². The van der Waals surface area contributed by atoms with Gasteiger partial charge in [-0.25, -0.2) is 0 Å². The minimum absolute atomic E-state index is 0.00866. The van der Waals surface area contributed by atoms with Gasteiger partial charge >= 0.3 is 0 Å². The van der Waals surface area contributed by atoms with Gasteiger partial charge in [0, 0.05) is 51.0 Å². The molecule has 0 saturated carbocycles. The minimum Gasteiger partial charge on any atom is -0.309 e. The number of fused-ring (bicyclic) bond motifs is 4. The monoisotopic (exact) mass is 604 g/mol. The normalized spacial score (nSPS) is 12.6. The molecule has 5 aromatic carbocycles. The Hall–Kier alpha value is -6.33. The number of anilines is 1. The Morgan fingerprint density at radius 3 is 1.70 bits per heavy atom. The van der Waals surface area contributed by atoms with E-state index in [-0.39, 0.29) is 5.91 Å². The van der Waals surface area contributed by atoms with Gasteiger partial charge in [0.15, 0.2) is 0 Å². The third-order valence-electron chi connectivity index (χ3n) is 9.15. The Morgan fingerprint density at radius 2 is 1.06 bits per heavy atom. The second-order valence-corrected chi connectivity index (χ2v) is 11.8. The third kappa shape index (κ3) is 4.43. The van der Waals surface area contributed by atoms with Crippen LogP contribution in [0.4, 0.5) is 5.69 Å². The highest BCUT2D eigenvalue weighted by molar-refractivity contribution is 6.14. The van der Waals surface area contributed by atoms with Crippen LogP contribution in [0.15, 0.2) is 158 Å². The number of carbonyl (C=O) groups is 1. The summed E-state index contributed by atoms with van der Waals surface area (Å²) < 4.78 is 2.32. The van der Waals surface area contributed by atoms with Crippen LogP contribution >= 0.6 is 0 Å². The predicted octanol–water partition coefficient (Wildman–Crippen LogP) is 9.74. The number of pyridine rings is 2. The second-order valence-electron chi connectivity index (χ2n) is 11.8. The highest BCUT2D eigenvalue weighted by Gasteiger charge is 2.33. The molecule has 0 bridgehead atoms. The van der Waals surface area contributed by atoms with Crippen LogP contribution in [0.5, 0.6) is 0 Å². The van der Waals surface area contributed by atoms with Gasteiger partial charge in [-0.3, -0.25) is 14.8 Å². The van der Waals surface area contributed by atoms with Gasteiger partial charge in [-0.15, -0.1) is 0 Å². The van der Waals surface area contributed by atoms with Gasteiger partial charge in [0.25, 0.3) is 5.91 Å². The molecule has 47 heavy (non-hydrogen) atoms. The van der Waals surface area contributed by atoms with Gasteiger partial charge in [0.05, 0.1) is 40.3 Å². The van der Waals surface area contributed by atoms with Gasteiger partial charge < -0.3 is 9.47 Å². The van der Waals surface area contributed by atoms with Crippen molar-refractivity contribution in [2.75, 3.05) is 4.90 Å². The number of aromatic nitrogens is 3. The first kappa shape index (κ1) is 27.0. The summed E-state index contributed by atoms with van der Waals surface area (Å²) in [5.41, 5.74) is 11.8. The van der Waals surface area contributed by atoms with Crippen molar-refractivity contribution in [1.82, 2.24) is 14.5 Å². The highest BCUT2D eigenvalue weighted by atomic mass is 16.2. The molecule has 222 valence electrons. The number of rotatable bonds is 5. The number of nitrogens with zero attached hydrogens (tertiary/aromatic N) is 4. The SMILES string of the molecule is O=C1c2cccc(-n3c4cc(-c5ccccn5)ccc4c4ccc(-c5ccccn5)cc43)c2CN1c1ccccc1-c1ccccc1. The Kier molecular flexibility index (Phi) is 6.28. The van der Waals surface area contributed by atoms with E-state index < -0.39 is 0 Å². The average molecular weight is 605 g/mol. The predicted molar refractivity (Wildman–Crippen MR) is 190 cm³/mol. The molecule has 0 aliphatic carbocycles. The maximum absolute atomic E-state index is 14.2. The number of carbonyl (C=O) groups excluding carboxylic acids is 1. The second kappa shape index (κ2) is 10.9. The Bertz CT molecular complexity index is 2350. The maximum Gasteiger partial charge on any atom is 0.259 e. The fourth-order valence-electron chi connectivity index (χ4n) is 6.96. The molecule has 0 saturated heterocycles. The molecule has 3 aromatic heterocycles. The quantitative estimate of drug-likeness (QED) is 0.197. The number of benzene rings is 5. The Morgan fingerprint density at radius 1 is 0.489 bits per heavy atom. The zero-order chi connectivity index (χ0) is 31.3. The van der Waals surface area contributed by atoms with Crippen LogP contribution in [0.3, 0.4) is 0 Å². The van der Waals surface area contributed by atoms with Crippen LogP contribution in [0.2, 0.25) is 0 Å². The summed E-state index contributed by atoms with van der Waals surface area (Å²) in [6.07, 6.45) is 3.65. The van der Waals surface area contributed by atoms with Crippen LogP contribution in [0.1, 0.15) is 15.9 Å². The fraction of sp³-hybridized carbons (Fsp3) is 0.0238. The van der Waals surface area contributed by atoms with E-state index in [9.17, 15) is 4.79 Å². The molecule has 8 aromatic rings. The first-order chi connectivity index (χ1) is 23.2. The first-order valence-electron chi connectivity index (χ1n) is 15.7. The van der Waals surface area contributed by atoms with Gasteiger partial charge in [-0.1, -0.05) is 91.0 Å². The standard InChI is InChI=1S/C42H28N4O/c47-42-34-14-10-18-39(35(34)27-45(42)38-17-5-4-13-31(38)28-11-2-1-3-12-28)46-40-25-29(36-15-6-8-23-43-36)19-21-32(40)33-22-20-30(26-41(33)46)37-16-7-9-24-44-37/h1-26H,27H2. The first-order valence-corrected chi connectivity index (χ1v) is 15.7. The van der Waals surface area contributed by atoms with E-state index in [0.29, 0.717) is 6.54 Å². The smallest absolute Gasteiger partial charge is 0.259 e. The van der Waals surface area contributed by atoms with Crippen LogP contribution < -0.4 is 4.90 Å². The van der Waals surface area contributed by atoms with Gasteiger partial charge in [-0.05, 0) is 60.2 Å². The van der Waals surface area contributed by atoms with Crippen molar-refractivity contribution in [1.29, 1.82) is 0 Å². The van der Waals surface area contributed by atoms with Crippen molar-refractivity contribution in [2.45, 2.75) is 6.54 Å². The maximum atomic E-state index is 14.2. The number of hydrogen-bond donors (Lipinski definition) is 0.